The molecule has 1 nitrogen and oxygen atoms in total. The van der Waals surface area contributed by atoms with Crippen molar-refractivity contribution in [2.24, 2.45) is 0 Å². The fourth-order valence-electron chi connectivity index (χ4n) is 3.00. The van der Waals surface area contributed by atoms with Gasteiger partial charge in [-0.05, 0) is 59.6 Å². The lowest BCUT2D eigenvalue weighted by molar-refractivity contribution is 0.459. The first-order valence-electron chi connectivity index (χ1n) is 8.14. The van der Waals surface area contributed by atoms with Gasteiger partial charge in [0.1, 0.15) is 5.75 Å². The van der Waals surface area contributed by atoms with E-state index in [1.54, 1.807) is 0 Å². The minimum atomic E-state index is 0.530. The Labute approximate surface area is 128 Å². The van der Waals surface area contributed by atoms with E-state index in [1.165, 1.54) is 16.7 Å². The van der Waals surface area contributed by atoms with Crippen molar-refractivity contribution in [1.82, 2.24) is 0 Å². The molecule has 1 N–H and O–H groups in total. The van der Waals surface area contributed by atoms with Gasteiger partial charge in [-0.2, -0.15) is 0 Å². The molecule has 0 aliphatic rings. The van der Waals surface area contributed by atoms with Gasteiger partial charge >= 0.3 is 0 Å². The van der Waals surface area contributed by atoms with Gasteiger partial charge in [-0.3, -0.25) is 0 Å². The maximum Gasteiger partial charge on any atom is 0.122 e. The molecule has 1 heteroatoms. The summed E-state index contributed by atoms with van der Waals surface area (Å²) in [6.07, 6.45) is 5.08. The smallest absolute Gasteiger partial charge is 0.122 e. The molecule has 21 heavy (non-hydrogen) atoms. The van der Waals surface area contributed by atoms with Crippen molar-refractivity contribution in [3.63, 3.8) is 0 Å². The zero-order chi connectivity index (χ0) is 15.2. The van der Waals surface area contributed by atoms with Gasteiger partial charge in [-0.25, -0.2) is 0 Å². The van der Waals surface area contributed by atoms with Crippen LogP contribution in [0.2, 0.25) is 0 Å². The van der Waals surface area contributed by atoms with E-state index in [0.29, 0.717) is 5.75 Å². The van der Waals surface area contributed by atoms with Crippen LogP contribution in [-0.4, -0.2) is 5.11 Å². The molecule has 0 amide bonds. The van der Waals surface area contributed by atoms with Crippen LogP contribution in [0.5, 0.6) is 5.75 Å². The van der Waals surface area contributed by atoms with Crippen LogP contribution in [0.25, 0.3) is 11.1 Å². The largest absolute Gasteiger partial charge is 0.507 e. The Kier molecular flexibility index (Phi) is 5.44. The molecule has 112 valence electrons. The summed E-state index contributed by atoms with van der Waals surface area (Å²) in [5, 5.41) is 10.6. The van der Waals surface area contributed by atoms with Gasteiger partial charge in [0.25, 0.3) is 0 Å². The number of unbranched alkanes of at least 4 members (excludes halogenated alkanes) is 1. The minimum Gasteiger partial charge on any atom is -0.507 e. The second-order valence-electron chi connectivity index (χ2n) is 5.57. The first kappa shape index (κ1) is 15.6. The highest BCUT2D eigenvalue weighted by atomic mass is 16.3. The molecule has 0 saturated carbocycles. The third-order valence-corrected chi connectivity index (χ3v) is 4.20. The number of phenols is 1. The number of rotatable bonds is 6. The highest BCUT2D eigenvalue weighted by Crippen LogP contribution is 2.36. The van der Waals surface area contributed by atoms with E-state index in [4.69, 9.17) is 0 Å². The Hall–Kier alpha value is -1.76. The summed E-state index contributed by atoms with van der Waals surface area (Å²) in [4.78, 5) is 0. The molecule has 0 fully saturated rings. The predicted molar refractivity (Wildman–Crippen MR) is 90.9 cm³/mol. The average molecular weight is 282 g/mol. The van der Waals surface area contributed by atoms with Crippen LogP contribution in [0, 0.1) is 0 Å². The van der Waals surface area contributed by atoms with Gasteiger partial charge in [-0.15, -0.1) is 0 Å². The normalized spacial score (nSPS) is 10.8. The third-order valence-electron chi connectivity index (χ3n) is 4.20. The molecular weight excluding hydrogens is 256 g/mol. The van der Waals surface area contributed by atoms with Crippen LogP contribution < -0.4 is 0 Å². The molecule has 0 aromatic heterocycles. The quantitative estimate of drug-likeness (QED) is 0.739. The summed E-state index contributed by atoms with van der Waals surface area (Å²) >= 11 is 0. The second-order valence-corrected chi connectivity index (χ2v) is 5.57. The summed E-state index contributed by atoms with van der Waals surface area (Å²) in [5.74, 6) is 0.530. The molecule has 0 spiro atoms. The van der Waals surface area contributed by atoms with E-state index in [0.717, 1.165) is 43.2 Å². The van der Waals surface area contributed by atoms with Gasteiger partial charge in [0, 0.05) is 0 Å². The standard InChI is InChI=1S/C20H26O/c1-4-7-13-18-17(6-3)19(14-15(5-2)20(18)21)16-11-9-8-10-12-16/h8-12,14,21H,4-7,13H2,1-3H3. The maximum absolute atomic E-state index is 10.6. The highest BCUT2D eigenvalue weighted by Gasteiger charge is 2.16. The number of aryl methyl sites for hydroxylation is 1. The molecule has 0 unspecified atom stereocenters. The molecule has 0 atom stereocenters. The second kappa shape index (κ2) is 7.31. The van der Waals surface area contributed by atoms with Crippen LogP contribution in [0.15, 0.2) is 36.4 Å². The molecule has 0 aliphatic heterocycles. The van der Waals surface area contributed by atoms with Gasteiger partial charge < -0.3 is 5.11 Å². The minimum absolute atomic E-state index is 0.530. The van der Waals surface area contributed by atoms with Crippen molar-refractivity contribution in [2.75, 3.05) is 0 Å². The molecule has 0 aliphatic carbocycles. The molecule has 2 aromatic carbocycles. The predicted octanol–water partition coefficient (Wildman–Crippen LogP) is 5.53. The highest BCUT2D eigenvalue weighted by molar-refractivity contribution is 5.72. The van der Waals surface area contributed by atoms with Crippen molar-refractivity contribution in [3.05, 3.63) is 53.1 Å². The Morgan fingerprint density at radius 2 is 1.62 bits per heavy atom. The molecular formula is C20H26O. The van der Waals surface area contributed by atoms with Crippen LogP contribution in [-0.2, 0) is 19.3 Å². The third kappa shape index (κ3) is 3.29. The van der Waals surface area contributed by atoms with E-state index in [-0.39, 0.29) is 0 Å². The Balaban J connectivity index is 2.63. The van der Waals surface area contributed by atoms with Crippen LogP contribution in [0.4, 0.5) is 0 Å². The summed E-state index contributed by atoms with van der Waals surface area (Å²) in [6, 6.07) is 12.7. The van der Waals surface area contributed by atoms with Gasteiger partial charge in [0.05, 0.1) is 0 Å². The zero-order valence-corrected chi connectivity index (χ0v) is 13.4. The molecule has 0 heterocycles. The average Bonchev–Trinajstić information content (AvgIpc) is 2.54. The van der Waals surface area contributed by atoms with Crippen molar-refractivity contribution >= 4 is 0 Å². The number of benzene rings is 2. The van der Waals surface area contributed by atoms with Gasteiger partial charge in [0.15, 0.2) is 0 Å². The topological polar surface area (TPSA) is 20.2 Å². The van der Waals surface area contributed by atoms with E-state index >= 15 is 0 Å². The number of hydrogen-bond donors (Lipinski definition) is 1. The monoisotopic (exact) mass is 282 g/mol. The van der Waals surface area contributed by atoms with E-state index in [1.807, 2.05) is 6.07 Å². The molecule has 2 aromatic rings. The summed E-state index contributed by atoms with van der Waals surface area (Å²) in [7, 11) is 0. The zero-order valence-electron chi connectivity index (χ0n) is 13.4. The summed E-state index contributed by atoms with van der Waals surface area (Å²) in [5.41, 5.74) is 6.08. The number of phenolic OH excluding ortho intramolecular Hbond substituents is 1. The fraction of sp³-hybridized carbons (Fsp3) is 0.400. The lowest BCUT2D eigenvalue weighted by Crippen LogP contribution is -2.01. The Morgan fingerprint density at radius 1 is 0.905 bits per heavy atom. The SMILES string of the molecule is CCCCc1c(O)c(CC)cc(-c2ccccc2)c1CC. The Bertz CT molecular complexity index is 585. The molecule has 0 radical (unpaired) electrons. The van der Waals surface area contributed by atoms with Crippen LogP contribution in [0.1, 0.15) is 50.3 Å². The van der Waals surface area contributed by atoms with Crippen molar-refractivity contribution in [2.45, 2.75) is 52.9 Å². The maximum atomic E-state index is 10.6. The summed E-state index contributed by atoms with van der Waals surface area (Å²) in [6.45, 7) is 6.49. The van der Waals surface area contributed by atoms with Gasteiger partial charge in [-0.1, -0.05) is 57.5 Å². The number of aromatic hydroxyl groups is 1. The molecule has 2 rings (SSSR count). The van der Waals surface area contributed by atoms with E-state index in [9.17, 15) is 5.11 Å². The lowest BCUT2D eigenvalue weighted by atomic mass is 9.88. The lowest BCUT2D eigenvalue weighted by Gasteiger charge is -2.18. The van der Waals surface area contributed by atoms with Gasteiger partial charge in [0.2, 0.25) is 0 Å². The Morgan fingerprint density at radius 3 is 2.19 bits per heavy atom. The summed E-state index contributed by atoms with van der Waals surface area (Å²) < 4.78 is 0. The van der Waals surface area contributed by atoms with Crippen molar-refractivity contribution < 1.29 is 5.11 Å². The first-order chi connectivity index (χ1) is 10.2. The molecule has 0 bridgehead atoms. The van der Waals surface area contributed by atoms with E-state index in [2.05, 4.69) is 51.1 Å². The fourth-order valence-corrected chi connectivity index (χ4v) is 3.00. The van der Waals surface area contributed by atoms with Crippen LogP contribution in [0.3, 0.4) is 0 Å². The van der Waals surface area contributed by atoms with E-state index < -0.39 is 0 Å². The van der Waals surface area contributed by atoms with Crippen molar-refractivity contribution in [1.29, 1.82) is 0 Å². The van der Waals surface area contributed by atoms with Crippen molar-refractivity contribution in [3.8, 4) is 16.9 Å². The van der Waals surface area contributed by atoms with Crippen LogP contribution >= 0.6 is 0 Å². The first-order valence-corrected chi connectivity index (χ1v) is 8.14. The number of hydrogen-bond acceptors (Lipinski definition) is 1. The molecule has 0 saturated heterocycles.